The van der Waals surface area contributed by atoms with Gasteiger partial charge >= 0.3 is 0 Å². The molecule has 0 saturated heterocycles. The molecule has 1 heterocycles. The minimum Gasteiger partial charge on any atom is -0.289 e. The Morgan fingerprint density at radius 3 is 2.89 bits per heavy atom. The van der Waals surface area contributed by atoms with Gasteiger partial charge in [-0.2, -0.15) is 0 Å². The van der Waals surface area contributed by atoms with Crippen LogP contribution in [0.2, 0.25) is 0 Å². The van der Waals surface area contributed by atoms with E-state index in [4.69, 9.17) is 0 Å². The molecule has 1 aromatic rings. The monoisotopic (exact) mass is 249 g/mol. The Morgan fingerprint density at radius 1 is 1.39 bits per heavy atom. The van der Waals surface area contributed by atoms with Crippen LogP contribution in [0.15, 0.2) is 53.9 Å². The van der Waals surface area contributed by atoms with E-state index in [-0.39, 0.29) is 13.4 Å². The van der Waals surface area contributed by atoms with Crippen molar-refractivity contribution in [2.45, 2.75) is 13.3 Å². The largest absolute Gasteiger partial charge is 0.289 e. The lowest BCUT2D eigenvalue weighted by molar-refractivity contribution is 0.103. The van der Waals surface area contributed by atoms with Crippen LogP contribution in [0.25, 0.3) is 0 Å². The van der Waals surface area contributed by atoms with Gasteiger partial charge in [-0.3, -0.25) is 9.78 Å². The second-order valence-corrected chi connectivity index (χ2v) is 4.03. The van der Waals surface area contributed by atoms with Gasteiger partial charge in [0.15, 0.2) is 5.78 Å². The predicted molar refractivity (Wildman–Crippen MR) is 66.5 cm³/mol. The number of Topliss-reactive ketones (excluding diaryl/α,β-unsaturated/α-hetero) is 1. The van der Waals surface area contributed by atoms with E-state index in [0.717, 1.165) is 23.8 Å². The fourth-order valence-electron chi connectivity index (χ4n) is 1.70. The van der Waals surface area contributed by atoms with E-state index in [2.05, 4.69) is 4.98 Å². The van der Waals surface area contributed by atoms with Crippen molar-refractivity contribution in [3.63, 3.8) is 0 Å². The second kappa shape index (κ2) is 5.04. The molecule has 94 valence electrons. The van der Waals surface area contributed by atoms with Gasteiger partial charge in [0.1, 0.15) is 11.7 Å². The maximum absolute atomic E-state index is 13.3. The maximum atomic E-state index is 13.3. The first-order valence-electron chi connectivity index (χ1n) is 5.45. The molecule has 18 heavy (non-hydrogen) atoms. The predicted octanol–water partition coefficient (Wildman–Crippen LogP) is 3.86. The third-order valence-electron chi connectivity index (χ3n) is 2.67. The zero-order valence-electron chi connectivity index (χ0n) is 9.78. The summed E-state index contributed by atoms with van der Waals surface area (Å²) in [6, 6.07) is 1.68. The van der Waals surface area contributed by atoms with Crippen LogP contribution in [-0.2, 0) is 0 Å². The minimum atomic E-state index is -0.632. The van der Waals surface area contributed by atoms with E-state index in [9.17, 15) is 13.6 Å². The summed E-state index contributed by atoms with van der Waals surface area (Å²) in [6.07, 6.45) is 5.88. The summed E-state index contributed by atoms with van der Waals surface area (Å²) >= 11 is 0. The number of hydrogen-bond donors (Lipinski definition) is 0. The Bertz CT molecular complexity index is 591. The Labute approximate surface area is 105 Å². The van der Waals surface area contributed by atoms with Crippen LogP contribution in [0.4, 0.5) is 8.78 Å². The number of nitrogens with zero attached hydrogens (tertiary/aromatic N) is 1. The lowest BCUT2D eigenvalue weighted by atomic mass is 9.98. The molecule has 0 aliphatic heterocycles. The van der Waals surface area contributed by atoms with Gasteiger partial charge in [0.25, 0.3) is 0 Å². The molecule has 0 fully saturated rings. The van der Waals surface area contributed by atoms with E-state index >= 15 is 0 Å². The average molecular weight is 249 g/mol. The summed E-state index contributed by atoms with van der Waals surface area (Å²) in [5.41, 5.74) is 1.19. The zero-order chi connectivity index (χ0) is 13.1. The van der Waals surface area contributed by atoms with Crippen molar-refractivity contribution >= 4 is 5.78 Å². The van der Waals surface area contributed by atoms with Crippen LogP contribution in [0.1, 0.15) is 23.8 Å². The summed E-state index contributed by atoms with van der Waals surface area (Å²) in [4.78, 5) is 16.0. The second-order valence-electron chi connectivity index (χ2n) is 4.03. The number of hydrogen-bond acceptors (Lipinski definition) is 2. The molecule has 0 N–H and O–H groups in total. The van der Waals surface area contributed by atoms with Crippen molar-refractivity contribution in [2.24, 2.45) is 0 Å². The van der Waals surface area contributed by atoms with Crippen LogP contribution < -0.4 is 0 Å². The lowest BCUT2D eigenvalue weighted by Gasteiger charge is -2.06. The first-order chi connectivity index (χ1) is 8.58. The number of allylic oxidation sites excluding steroid dienone is 6. The molecule has 0 spiro atoms. The van der Waals surface area contributed by atoms with Crippen molar-refractivity contribution in [1.82, 2.24) is 4.98 Å². The Balaban J connectivity index is 0.00000180. The van der Waals surface area contributed by atoms with E-state index < -0.39 is 17.4 Å². The van der Waals surface area contributed by atoms with Crippen molar-refractivity contribution < 1.29 is 15.0 Å². The highest BCUT2D eigenvalue weighted by Gasteiger charge is 2.18. The number of carbonyl (C=O) groups is 1. The quantitative estimate of drug-likeness (QED) is 0.745. The standard InChI is InChI=1S/C14H11F2NO.H2/c1-9-4-5-17-8-13(9)14(18)10-6-11(15)2-3-12(16)7-10;/h2-6,8H,7H2,1H3;1H. The molecular weight excluding hydrogens is 236 g/mol. The molecule has 0 saturated carbocycles. The fraction of sp³-hybridized carbons (Fsp3) is 0.143. The van der Waals surface area contributed by atoms with E-state index in [1.54, 1.807) is 19.2 Å². The molecule has 2 rings (SSSR count). The van der Waals surface area contributed by atoms with Crippen LogP contribution in [0, 0.1) is 6.92 Å². The van der Waals surface area contributed by atoms with Crippen LogP contribution in [0.3, 0.4) is 0 Å². The number of carbonyl (C=O) groups excluding carboxylic acids is 1. The number of aromatic nitrogens is 1. The third kappa shape index (κ3) is 2.59. The molecule has 2 nitrogen and oxygen atoms in total. The summed E-state index contributed by atoms with van der Waals surface area (Å²) in [5, 5.41) is 0. The van der Waals surface area contributed by atoms with Gasteiger partial charge in [-0.05, 0) is 36.8 Å². The van der Waals surface area contributed by atoms with Crippen molar-refractivity contribution in [3.05, 3.63) is 65.0 Å². The molecule has 1 aliphatic carbocycles. The highest BCUT2D eigenvalue weighted by molar-refractivity contribution is 6.09. The Morgan fingerprint density at radius 2 is 2.17 bits per heavy atom. The maximum Gasteiger partial charge on any atom is 0.191 e. The Kier molecular flexibility index (Phi) is 3.46. The first kappa shape index (κ1) is 12.4. The molecule has 0 atom stereocenters. The van der Waals surface area contributed by atoms with Gasteiger partial charge < -0.3 is 0 Å². The highest BCUT2D eigenvalue weighted by atomic mass is 19.1. The van der Waals surface area contributed by atoms with Gasteiger partial charge in [0.05, 0.1) is 0 Å². The number of halogens is 2. The third-order valence-corrected chi connectivity index (χ3v) is 2.67. The van der Waals surface area contributed by atoms with Gasteiger partial charge in [0, 0.05) is 31.4 Å². The fourth-order valence-corrected chi connectivity index (χ4v) is 1.70. The molecule has 4 heteroatoms. The minimum absolute atomic E-state index is 0. The molecule has 0 amide bonds. The van der Waals surface area contributed by atoms with Gasteiger partial charge in [-0.25, -0.2) is 8.78 Å². The Hall–Kier alpha value is -2.10. The molecule has 0 radical (unpaired) electrons. The summed E-state index contributed by atoms with van der Waals surface area (Å²) in [6.45, 7) is 1.75. The number of rotatable bonds is 2. The molecule has 1 aliphatic rings. The van der Waals surface area contributed by atoms with Crippen LogP contribution in [0.5, 0.6) is 0 Å². The number of aryl methyl sites for hydroxylation is 1. The SMILES string of the molecule is Cc1ccncc1C(=O)C1=CC(F)=CC=C(F)C1.[HH]. The molecular formula is C14H13F2NO. The average Bonchev–Trinajstić information content (AvgIpc) is 2.51. The highest BCUT2D eigenvalue weighted by Crippen LogP contribution is 2.23. The number of pyridine rings is 1. The summed E-state index contributed by atoms with van der Waals surface area (Å²) in [7, 11) is 0. The topological polar surface area (TPSA) is 30.0 Å². The first-order valence-corrected chi connectivity index (χ1v) is 5.45. The zero-order valence-corrected chi connectivity index (χ0v) is 9.78. The molecule has 0 bridgehead atoms. The van der Waals surface area contributed by atoms with E-state index in [1.807, 2.05) is 0 Å². The van der Waals surface area contributed by atoms with E-state index in [1.165, 1.54) is 6.20 Å². The molecule has 0 unspecified atom stereocenters. The summed E-state index contributed by atoms with van der Waals surface area (Å²) < 4.78 is 26.5. The van der Waals surface area contributed by atoms with Crippen molar-refractivity contribution in [3.8, 4) is 0 Å². The van der Waals surface area contributed by atoms with E-state index in [0.29, 0.717) is 5.56 Å². The van der Waals surface area contributed by atoms with Gasteiger partial charge in [-0.15, -0.1) is 0 Å². The molecule has 1 aromatic heterocycles. The smallest absolute Gasteiger partial charge is 0.191 e. The number of ketones is 1. The van der Waals surface area contributed by atoms with Crippen LogP contribution >= 0.6 is 0 Å². The van der Waals surface area contributed by atoms with Crippen LogP contribution in [-0.4, -0.2) is 10.8 Å². The summed E-state index contributed by atoms with van der Waals surface area (Å²) in [5.74, 6) is -1.56. The van der Waals surface area contributed by atoms with Crippen molar-refractivity contribution in [1.29, 1.82) is 0 Å². The van der Waals surface area contributed by atoms with Gasteiger partial charge in [-0.1, -0.05) is 0 Å². The van der Waals surface area contributed by atoms with Gasteiger partial charge in [0.2, 0.25) is 0 Å². The normalized spacial score (nSPS) is 15.4. The lowest BCUT2D eigenvalue weighted by Crippen LogP contribution is -2.06. The van der Waals surface area contributed by atoms with Crippen molar-refractivity contribution in [2.75, 3.05) is 0 Å². The molecule has 0 aromatic carbocycles.